The van der Waals surface area contributed by atoms with E-state index in [1.54, 1.807) is 36.0 Å². The number of halogens is 1. The van der Waals surface area contributed by atoms with Gasteiger partial charge in [-0.15, -0.1) is 23.4 Å². The number of carbonyl (C=O) groups excluding carboxylic acids is 3. The van der Waals surface area contributed by atoms with Gasteiger partial charge in [-0.25, -0.2) is 0 Å². The molecule has 3 N–H and O–H groups in total. The molecule has 0 unspecified atom stereocenters. The third-order valence-corrected chi connectivity index (χ3v) is 9.52. The average Bonchev–Trinajstić information content (AvgIpc) is 3.08. The van der Waals surface area contributed by atoms with Gasteiger partial charge in [-0.2, -0.15) is 0 Å². The highest BCUT2D eigenvalue weighted by molar-refractivity contribution is 7.98. The Hall–Kier alpha value is -4.27. The third kappa shape index (κ3) is 6.64. The van der Waals surface area contributed by atoms with Crippen LogP contribution in [0.3, 0.4) is 0 Å². The van der Waals surface area contributed by atoms with Crippen LogP contribution in [0.5, 0.6) is 11.5 Å². The van der Waals surface area contributed by atoms with E-state index in [2.05, 4.69) is 22.0 Å². The number of alkyl halides is 1. The van der Waals surface area contributed by atoms with E-state index in [-0.39, 0.29) is 35.9 Å². The highest BCUT2D eigenvalue weighted by atomic mass is 35.5. The third-order valence-electron chi connectivity index (χ3n) is 8.52. The van der Waals surface area contributed by atoms with Crippen LogP contribution in [-0.4, -0.2) is 35.7 Å². The number of hydrogen-bond acceptors (Lipinski definition) is 7. The van der Waals surface area contributed by atoms with Gasteiger partial charge in [-0.3, -0.25) is 14.4 Å². The summed E-state index contributed by atoms with van der Waals surface area (Å²) in [6.07, 6.45) is 7.57. The van der Waals surface area contributed by atoms with Crippen molar-refractivity contribution in [2.45, 2.75) is 56.5 Å². The van der Waals surface area contributed by atoms with Crippen LogP contribution in [0.15, 0.2) is 77.7 Å². The number of benzene rings is 4. The lowest BCUT2D eigenvalue weighted by atomic mass is 9.82. The number of rotatable bonds is 10. The molecule has 4 aromatic rings. The van der Waals surface area contributed by atoms with Crippen LogP contribution in [0.4, 0.5) is 17.1 Å². The van der Waals surface area contributed by atoms with E-state index in [0.717, 1.165) is 36.1 Å². The van der Waals surface area contributed by atoms with Gasteiger partial charge < -0.3 is 20.7 Å². The first-order valence-electron chi connectivity index (χ1n) is 15.5. The summed E-state index contributed by atoms with van der Waals surface area (Å²) in [5, 5.41) is 9.84. The van der Waals surface area contributed by atoms with Crippen molar-refractivity contribution >= 4 is 57.9 Å². The van der Waals surface area contributed by atoms with Crippen LogP contribution in [0.25, 0.3) is 0 Å². The monoisotopic (exact) mass is 653 g/mol. The van der Waals surface area contributed by atoms with Gasteiger partial charge in [0.15, 0.2) is 11.6 Å². The quantitative estimate of drug-likeness (QED) is 0.103. The van der Waals surface area contributed by atoms with E-state index in [1.165, 1.54) is 6.42 Å². The number of fused-ring (bicyclic) bond motifs is 2. The molecule has 0 spiro atoms. The average molecular weight is 654 g/mol. The first-order valence-corrected chi connectivity index (χ1v) is 17.3. The Balaban J connectivity index is 1.38. The number of anilines is 3. The summed E-state index contributed by atoms with van der Waals surface area (Å²) in [5.74, 6) is 0.467. The summed E-state index contributed by atoms with van der Waals surface area (Å²) in [7, 11) is 0. The molecule has 0 aliphatic heterocycles. The molecule has 0 heterocycles. The first-order chi connectivity index (χ1) is 22.4. The molecule has 0 atom stereocenters. The predicted molar refractivity (Wildman–Crippen MR) is 186 cm³/mol. The molecule has 4 aromatic carbocycles. The molecule has 46 heavy (non-hydrogen) atoms. The van der Waals surface area contributed by atoms with Crippen molar-refractivity contribution in [1.29, 1.82) is 0 Å². The lowest BCUT2D eigenvalue weighted by molar-refractivity contribution is -0.118. The summed E-state index contributed by atoms with van der Waals surface area (Å²) in [6.45, 7) is 2.22. The van der Waals surface area contributed by atoms with E-state index >= 15 is 0 Å². The van der Waals surface area contributed by atoms with Crippen molar-refractivity contribution in [2.24, 2.45) is 0 Å². The highest BCUT2D eigenvalue weighted by Crippen LogP contribution is 2.40. The Morgan fingerprint density at radius 3 is 2.24 bits per heavy atom. The molecule has 1 amide bonds. The van der Waals surface area contributed by atoms with Gasteiger partial charge >= 0.3 is 0 Å². The van der Waals surface area contributed by atoms with Crippen molar-refractivity contribution in [3.8, 4) is 11.5 Å². The van der Waals surface area contributed by atoms with E-state index in [4.69, 9.17) is 16.3 Å². The molecular weight excluding hydrogens is 618 g/mol. The smallest absolute Gasteiger partial charge is 0.235 e. The van der Waals surface area contributed by atoms with E-state index < -0.39 is 0 Å². The summed E-state index contributed by atoms with van der Waals surface area (Å²) >= 11 is 7.35. The van der Waals surface area contributed by atoms with Gasteiger partial charge in [0.1, 0.15) is 17.4 Å². The molecule has 2 aliphatic carbocycles. The summed E-state index contributed by atoms with van der Waals surface area (Å²) in [5.41, 5.74) is 5.31. The largest absolute Gasteiger partial charge is 0.456 e. The molecular formula is C37H36ClN3O4S. The molecule has 236 valence electrons. The Morgan fingerprint density at radius 1 is 0.870 bits per heavy atom. The van der Waals surface area contributed by atoms with Gasteiger partial charge in [-0.05, 0) is 74.0 Å². The number of thioether (sulfide) groups is 1. The van der Waals surface area contributed by atoms with Gasteiger partial charge in [0.25, 0.3) is 0 Å². The maximum absolute atomic E-state index is 14.0. The molecule has 1 saturated carbocycles. The van der Waals surface area contributed by atoms with Crippen LogP contribution in [0.2, 0.25) is 0 Å². The molecule has 0 saturated heterocycles. The zero-order chi connectivity index (χ0) is 32.2. The zero-order valence-corrected chi connectivity index (χ0v) is 27.4. The lowest BCUT2D eigenvalue weighted by Crippen LogP contribution is -2.27. The van der Waals surface area contributed by atoms with E-state index in [9.17, 15) is 14.4 Å². The summed E-state index contributed by atoms with van der Waals surface area (Å²) in [6, 6.07) is 22.6. The summed E-state index contributed by atoms with van der Waals surface area (Å²) < 4.78 is 6.37. The van der Waals surface area contributed by atoms with Crippen LogP contribution in [-0.2, 0) is 11.3 Å². The number of hydrogen-bond donors (Lipinski definition) is 3. The van der Waals surface area contributed by atoms with Gasteiger partial charge in [0.2, 0.25) is 5.91 Å². The molecule has 7 nitrogen and oxygen atoms in total. The van der Waals surface area contributed by atoms with Crippen molar-refractivity contribution in [3.05, 3.63) is 106 Å². The second-order valence-electron chi connectivity index (χ2n) is 11.7. The number of nitrogens with one attached hydrogen (secondary N) is 3. The molecule has 9 heteroatoms. The minimum absolute atomic E-state index is 0.159. The fraction of sp³-hybridized carbons (Fsp3) is 0.270. The first kappa shape index (κ1) is 31.7. The molecule has 1 fully saturated rings. The molecule has 0 bridgehead atoms. The Morgan fingerprint density at radius 2 is 1.54 bits per heavy atom. The number of aryl methyl sites for hydroxylation is 1. The van der Waals surface area contributed by atoms with Crippen LogP contribution >= 0.6 is 23.4 Å². The van der Waals surface area contributed by atoms with Crippen LogP contribution in [0, 0.1) is 6.92 Å². The van der Waals surface area contributed by atoms with E-state index in [1.807, 2.05) is 55.6 Å². The van der Waals surface area contributed by atoms with Crippen molar-refractivity contribution in [2.75, 3.05) is 22.8 Å². The second-order valence-corrected chi connectivity index (χ2v) is 12.8. The SMILES string of the molecule is CSc1cc(C)ccc1Oc1ccc(Nc2ccc(NC3CCCCC3)c3c2C(=O)c2ccccc2C3=O)cc1CNC(=O)CCl. The van der Waals surface area contributed by atoms with Gasteiger partial charge in [0.05, 0.1) is 21.7 Å². The standard InChI is InChI=1S/C37H36ClN3O4S/c1-22-12-16-31(32(18-22)46-2)45-30-17-13-25(19-23(30)21-39-33(42)20-38)41-29-15-14-28(40-24-8-4-3-5-9-24)34-35(29)37(44)27-11-7-6-10-26(27)36(34)43/h6-7,10-19,24,40-41H,3-5,8-9,20-21H2,1-2H3,(H,39,42). The minimum Gasteiger partial charge on any atom is -0.456 e. The van der Waals surface area contributed by atoms with Gasteiger partial charge in [-0.1, -0.05) is 49.6 Å². The fourth-order valence-electron chi connectivity index (χ4n) is 6.18. The van der Waals surface area contributed by atoms with Crippen LogP contribution < -0.4 is 20.7 Å². The Kier molecular flexibility index (Phi) is 9.66. The molecule has 0 radical (unpaired) electrons. The number of amides is 1. The van der Waals surface area contributed by atoms with E-state index in [0.29, 0.717) is 56.4 Å². The second kappa shape index (κ2) is 14.0. The highest BCUT2D eigenvalue weighted by Gasteiger charge is 2.34. The fourth-order valence-corrected chi connectivity index (χ4v) is 6.89. The minimum atomic E-state index is -0.302. The van der Waals surface area contributed by atoms with Crippen molar-refractivity contribution in [1.82, 2.24) is 5.32 Å². The van der Waals surface area contributed by atoms with Gasteiger partial charge in [0, 0.05) is 40.7 Å². The summed E-state index contributed by atoms with van der Waals surface area (Å²) in [4.78, 5) is 41.1. The Labute approximate surface area is 278 Å². The number of ketones is 2. The number of carbonyl (C=O) groups is 3. The zero-order valence-electron chi connectivity index (χ0n) is 25.9. The maximum atomic E-state index is 14.0. The number of ether oxygens (including phenoxy) is 1. The normalized spacial score (nSPS) is 14.3. The predicted octanol–water partition coefficient (Wildman–Crippen LogP) is 8.63. The molecule has 2 aliphatic rings. The van der Waals surface area contributed by atoms with Crippen molar-refractivity contribution in [3.63, 3.8) is 0 Å². The molecule has 6 rings (SSSR count). The van der Waals surface area contributed by atoms with Crippen molar-refractivity contribution < 1.29 is 19.1 Å². The lowest BCUT2D eigenvalue weighted by Gasteiger charge is -2.28. The van der Waals surface area contributed by atoms with Crippen LogP contribution in [0.1, 0.15) is 75.1 Å². The molecule has 0 aromatic heterocycles. The Bertz CT molecular complexity index is 1820. The topological polar surface area (TPSA) is 96.5 Å². The maximum Gasteiger partial charge on any atom is 0.235 e.